The van der Waals surface area contributed by atoms with Gasteiger partial charge in [0.05, 0.1) is 29.9 Å². The van der Waals surface area contributed by atoms with E-state index in [4.69, 9.17) is 14.0 Å². The minimum Gasteiger partial charge on any atom is -0.379 e. The Hall–Kier alpha value is -2.99. The number of amides is 2. The van der Waals surface area contributed by atoms with Crippen molar-refractivity contribution in [1.29, 1.82) is 0 Å². The third-order valence-corrected chi connectivity index (χ3v) is 9.36. The maximum absolute atomic E-state index is 14.4. The lowest BCUT2D eigenvalue weighted by Crippen LogP contribution is -2.49. The van der Waals surface area contributed by atoms with Crippen LogP contribution < -0.4 is 0 Å². The number of nitrogens with zero attached hydrogens (tertiary/aromatic N) is 4. The number of carbonyl (C=O) groups is 2. The van der Waals surface area contributed by atoms with E-state index in [1.54, 1.807) is 16.9 Å². The fourth-order valence-electron chi connectivity index (χ4n) is 7.44. The number of likely N-dealkylation sites (tertiary alicyclic amines) is 1. The molecule has 12 heteroatoms. The average Bonchev–Trinajstić information content (AvgIpc) is 3.67. The molecule has 0 aromatic carbocycles. The molecule has 6 rings (SSSR count). The van der Waals surface area contributed by atoms with Crippen LogP contribution in [0, 0.1) is 23.2 Å². The van der Waals surface area contributed by atoms with Crippen LogP contribution >= 0.6 is 0 Å². The van der Waals surface area contributed by atoms with Crippen LogP contribution in [0.15, 0.2) is 29.0 Å². The second-order valence-electron chi connectivity index (χ2n) is 11.7. The van der Waals surface area contributed by atoms with Crippen molar-refractivity contribution in [1.82, 2.24) is 19.9 Å². The molecule has 5 heterocycles. The molecule has 2 aromatic heterocycles. The first-order chi connectivity index (χ1) is 19.2. The summed E-state index contributed by atoms with van der Waals surface area (Å²) in [5.74, 6) is 0.276. The molecule has 9 nitrogen and oxygen atoms in total. The molecule has 2 amide bonds. The van der Waals surface area contributed by atoms with Crippen molar-refractivity contribution >= 4 is 11.8 Å². The number of pyridine rings is 1. The molecule has 5 atom stereocenters. The highest BCUT2D eigenvalue weighted by Gasteiger charge is 2.60. The molecule has 2 unspecified atom stereocenters. The summed E-state index contributed by atoms with van der Waals surface area (Å²) in [5.41, 5.74) is -0.601. The summed E-state index contributed by atoms with van der Waals surface area (Å²) in [6, 6.07) is 2.62. The van der Waals surface area contributed by atoms with E-state index < -0.39 is 17.2 Å². The Balaban J connectivity index is 1.25. The maximum atomic E-state index is 14.4. The zero-order chi connectivity index (χ0) is 28.1. The van der Waals surface area contributed by atoms with Gasteiger partial charge in [-0.3, -0.25) is 14.6 Å². The fourth-order valence-corrected chi connectivity index (χ4v) is 7.44. The molecule has 1 saturated carbocycles. The summed E-state index contributed by atoms with van der Waals surface area (Å²) in [7, 11) is 1.70. The number of fused-ring (bicyclic) bond motifs is 2. The van der Waals surface area contributed by atoms with E-state index >= 15 is 0 Å². The molecule has 2 aromatic rings. The van der Waals surface area contributed by atoms with Gasteiger partial charge in [-0.25, -0.2) is 0 Å². The number of alkyl halides is 3. The van der Waals surface area contributed by atoms with Crippen LogP contribution in [-0.2, 0) is 33.4 Å². The molecule has 40 heavy (non-hydrogen) atoms. The topological polar surface area (TPSA) is 98.0 Å². The van der Waals surface area contributed by atoms with Crippen molar-refractivity contribution in [2.24, 2.45) is 23.2 Å². The number of ether oxygens (including phenoxy) is 2. The second-order valence-corrected chi connectivity index (χ2v) is 11.7. The van der Waals surface area contributed by atoms with Gasteiger partial charge in [0.2, 0.25) is 11.7 Å². The van der Waals surface area contributed by atoms with E-state index in [1.807, 2.05) is 0 Å². The molecule has 3 aliphatic heterocycles. The maximum Gasteiger partial charge on any atom is 0.417 e. The Bertz CT molecular complexity index is 1260. The second kappa shape index (κ2) is 10.4. The van der Waals surface area contributed by atoms with Crippen LogP contribution in [0.5, 0.6) is 0 Å². The lowest BCUT2D eigenvalue weighted by molar-refractivity contribution is -0.144. The van der Waals surface area contributed by atoms with Gasteiger partial charge in [-0.1, -0.05) is 5.16 Å². The normalized spacial score (nSPS) is 30.3. The number of carbonyl (C=O) groups excluding carboxylic acids is 2. The van der Waals surface area contributed by atoms with Crippen molar-refractivity contribution in [3.8, 4) is 0 Å². The molecule has 1 aliphatic carbocycles. The summed E-state index contributed by atoms with van der Waals surface area (Å²) < 4.78 is 56.5. The first kappa shape index (κ1) is 27.2. The Morgan fingerprint density at radius 2 is 2.12 bits per heavy atom. The van der Waals surface area contributed by atoms with Gasteiger partial charge < -0.3 is 23.8 Å². The largest absolute Gasteiger partial charge is 0.417 e. The number of aromatic nitrogens is 2. The van der Waals surface area contributed by atoms with Crippen LogP contribution in [-0.4, -0.2) is 77.8 Å². The Morgan fingerprint density at radius 3 is 2.88 bits per heavy atom. The van der Waals surface area contributed by atoms with Gasteiger partial charge >= 0.3 is 6.18 Å². The Morgan fingerprint density at radius 1 is 1.27 bits per heavy atom. The van der Waals surface area contributed by atoms with Crippen LogP contribution in [0.3, 0.4) is 0 Å². The lowest BCUT2D eigenvalue weighted by atomic mass is 9.78. The van der Waals surface area contributed by atoms with Crippen LogP contribution in [0.2, 0.25) is 0 Å². The molecule has 0 spiro atoms. The molecular formula is C28H33F3N4O5. The van der Waals surface area contributed by atoms with E-state index in [0.29, 0.717) is 56.3 Å². The number of methoxy groups -OCH3 is 1. The third kappa shape index (κ3) is 4.89. The summed E-state index contributed by atoms with van der Waals surface area (Å²) in [5, 5.41) is 3.64. The summed E-state index contributed by atoms with van der Waals surface area (Å²) in [4.78, 5) is 34.9. The standard InChI is InChI=1S/C28H33F3N4O5/c1-38-24-15-39-7-4-18(24)8-17-9-21-14-35(25(36)23-2-5-33-40-23)16-27(21,11-17)26(37)34-6-3-22-19(13-34)10-20(12-32-22)28(29,30)31/h2,5,10,12,17-18,21,24H,3-4,6-9,11,13-16H2,1H3/t17-,18?,21+,24?,27+/m1/s1. The highest BCUT2D eigenvalue weighted by Crippen LogP contribution is 2.55. The molecular weight excluding hydrogens is 529 g/mol. The number of hydrogen-bond acceptors (Lipinski definition) is 7. The van der Waals surface area contributed by atoms with Crippen molar-refractivity contribution < 1.29 is 36.8 Å². The van der Waals surface area contributed by atoms with Gasteiger partial charge in [-0.2, -0.15) is 13.2 Å². The summed E-state index contributed by atoms with van der Waals surface area (Å²) in [6.07, 6.45) is 1.39. The molecule has 2 saturated heterocycles. The molecule has 0 radical (unpaired) electrons. The van der Waals surface area contributed by atoms with Crippen LogP contribution in [0.1, 0.15) is 53.1 Å². The van der Waals surface area contributed by atoms with Crippen molar-refractivity contribution in [3.05, 3.63) is 47.1 Å². The first-order valence-electron chi connectivity index (χ1n) is 13.8. The first-order valence-corrected chi connectivity index (χ1v) is 13.8. The van der Waals surface area contributed by atoms with Gasteiger partial charge in [-0.15, -0.1) is 0 Å². The zero-order valence-electron chi connectivity index (χ0n) is 22.4. The van der Waals surface area contributed by atoms with Crippen molar-refractivity contribution in [3.63, 3.8) is 0 Å². The molecule has 4 aliphatic rings. The van der Waals surface area contributed by atoms with Gasteiger partial charge in [0.25, 0.3) is 5.91 Å². The highest BCUT2D eigenvalue weighted by atomic mass is 19.4. The molecule has 0 bridgehead atoms. The van der Waals surface area contributed by atoms with Gasteiger partial charge in [-0.05, 0) is 55.1 Å². The van der Waals surface area contributed by atoms with Crippen LogP contribution in [0.25, 0.3) is 0 Å². The number of hydrogen-bond donors (Lipinski definition) is 0. The third-order valence-electron chi connectivity index (χ3n) is 9.36. The minimum absolute atomic E-state index is 0.0132. The van der Waals surface area contributed by atoms with Gasteiger partial charge in [0, 0.05) is 64.3 Å². The highest BCUT2D eigenvalue weighted by molar-refractivity contribution is 5.93. The van der Waals surface area contributed by atoms with E-state index in [2.05, 4.69) is 10.1 Å². The number of rotatable bonds is 5. The predicted molar refractivity (Wildman–Crippen MR) is 134 cm³/mol. The SMILES string of the molecule is COC1COCCC1C[C@@H]1C[C@H]2CN(C(=O)c3ccno3)C[C@@]2(C(=O)N2CCc3ncc(C(F)(F)F)cc3C2)C1. The van der Waals surface area contributed by atoms with E-state index in [1.165, 1.54) is 12.3 Å². The monoisotopic (exact) mass is 562 g/mol. The molecule has 216 valence electrons. The summed E-state index contributed by atoms with van der Waals surface area (Å²) >= 11 is 0. The van der Waals surface area contributed by atoms with Crippen molar-refractivity contribution in [2.75, 3.05) is 40.0 Å². The molecule has 3 fully saturated rings. The Kier molecular flexibility index (Phi) is 7.10. The quantitative estimate of drug-likeness (QED) is 0.550. The molecule has 0 N–H and O–H groups in total. The van der Waals surface area contributed by atoms with E-state index in [9.17, 15) is 22.8 Å². The lowest BCUT2D eigenvalue weighted by Gasteiger charge is -2.37. The average molecular weight is 563 g/mol. The smallest absolute Gasteiger partial charge is 0.379 e. The number of halogens is 3. The minimum atomic E-state index is -4.51. The predicted octanol–water partition coefficient (Wildman–Crippen LogP) is 3.58. The van der Waals surface area contributed by atoms with E-state index in [-0.39, 0.29) is 48.6 Å². The van der Waals surface area contributed by atoms with Gasteiger partial charge in [0.1, 0.15) is 0 Å². The van der Waals surface area contributed by atoms with Gasteiger partial charge in [0.15, 0.2) is 0 Å². The Labute approximate surface area is 230 Å². The fraction of sp³-hybridized carbons (Fsp3) is 0.643. The van der Waals surface area contributed by atoms with E-state index in [0.717, 1.165) is 31.5 Å². The van der Waals surface area contributed by atoms with Crippen LogP contribution in [0.4, 0.5) is 13.2 Å². The van der Waals surface area contributed by atoms with Crippen molar-refractivity contribution in [2.45, 2.75) is 50.9 Å². The summed E-state index contributed by atoms with van der Waals surface area (Å²) in [6.45, 7) is 2.37. The zero-order valence-corrected chi connectivity index (χ0v) is 22.4.